The lowest BCUT2D eigenvalue weighted by Crippen LogP contribution is -2.37. The first kappa shape index (κ1) is 18.4. The van der Waals surface area contributed by atoms with Gasteiger partial charge in [-0.05, 0) is 31.0 Å². The van der Waals surface area contributed by atoms with E-state index in [4.69, 9.17) is 0 Å². The van der Waals surface area contributed by atoms with Gasteiger partial charge in [-0.3, -0.25) is 19.2 Å². The number of nitrogens with zero attached hydrogens (tertiary/aromatic N) is 2. The number of para-hydroxylation sites is 2. The van der Waals surface area contributed by atoms with Gasteiger partial charge in [-0.2, -0.15) is 0 Å². The maximum atomic E-state index is 13.1. The van der Waals surface area contributed by atoms with Crippen LogP contribution in [0, 0.1) is 24.0 Å². The van der Waals surface area contributed by atoms with Crippen LogP contribution in [0.25, 0.3) is 0 Å². The number of sulfonamides is 1. The van der Waals surface area contributed by atoms with E-state index in [9.17, 15) is 28.4 Å². The molecule has 132 valence electrons. The van der Waals surface area contributed by atoms with E-state index in [2.05, 4.69) is 0 Å². The Bertz CT molecular complexity index is 919. The number of aryl methyl sites for hydroxylation is 2. The highest BCUT2D eigenvalue weighted by molar-refractivity contribution is 7.93. The molecule has 0 aromatic heterocycles. The third-order valence-corrected chi connectivity index (χ3v) is 5.39. The number of carboxylic acid groups (broad SMARTS) is 1. The van der Waals surface area contributed by atoms with Crippen LogP contribution in [0.1, 0.15) is 11.1 Å². The molecule has 2 aromatic carbocycles. The number of hydrogen-bond acceptors (Lipinski definition) is 5. The van der Waals surface area contributed by atoms with Gasteiger partial charge in [0.15, 0.2) is 4.90 Å². The molecule has 0 bridgehead atoms. The van der Waals surface area contributed by atoms with Crippen LogP contribution in [0.4, 0.5) is 11.4 Å². The number of benzene rings is 2. The summed E-state index contributed by atoms with van der Waals surface area (Å²) in [6, 6.07) is 9.86. The average molecular weight is 364 g/mol. The van der Waals surface area contributed by atoms with E-state index in [1.165, 1.54) is 12.1 Å². The summed E-state index contributed by atoms with van der Waals surface area (Å²) in [5.74, 6) is -1.37. The molecule has 0 saturated carbocycles. The van der Waals surface area contributed by atoms with Gasteiger partial charge in [0, 0.05) is 6.07 Å². The molecule has 25 heavy (non-hydrogen) atoms. The Morgan fingerprint density at radius 1 is 1.12 bits per heavy atom. The second-order valence-electron chi connectivity index (χ2n) is 5.37. The van der Waals surface area contributed by atoms with Crippen LogP contribution in [0.3, 0.4) is 0 Å². The summed E-state index contributed by atoms with van der Waals surface area (Å²) in [5, 5.41) is 20.4. The fourth-order valence-electron chi connectivity index (χ4n) is 2.55. The number of hydrogen-bond donors (Lipinski definition) is 1. The van der Waals surface area contributed by atoms with Gasteiger partial charge in [-0.15, -0.1) is 0 Å². The minimum absolute atomic E-state index is 0.197. The van der Waals surface area contributed by atoms with Crippen molar-refractivity contribution in [1.82, 2.24) is 0 Å². The number of carbonyl (C=O) groups is 1. The van der Waals surface area contributed by atoms with Crippen molar-refractivity contribution in [2.75, 3.05) is 10.8 Å². The summed E-state index contributed by atoms with van der Waals surface area (Å²) in [6.45, 7) is 2.44. The van der Waals surface area contributed by atoms with E-state index in [0.717, 1.165) is 12.1 Å². The Morgan fingerprint density at radius 3 is 2.20 bits per heavy atom. The molecule has 0 atom stereocenters. The first-order chi connectivity index (χ1) is 11.7. The number of anilines is 1. The van der Waals surface area contributed by atoms with Gasteiger partial charge in [0.1, 0.15) is 6.54 Å². The largest absolute Gasteiger partial charge is 0.480 e. The van der Waals surface area contributed by atoms with Crippen LogP contribution in [-0.4, -0.2) is 31.0 Å². The molecule has 8 nitrogen and oxygen atoms in total. The molecule has 0 radical (unpaired) electrons. The molecule has 0 aliphatic heterocycles. The highest BCUT2D eigenvalue weighted by Gasteiger charge is 2.34. The van der Waals surface area contributed by atoms with Crippen LogP contribution >= 0.6 is 0 Å². The average Bonchev–Trinajstić information content (AvgIpc) is 2.53. The van der Waals surface area contributed by atoms with E-state index >= 15 is 0 Å². The molecule has 0 spiro atoms. The molecule has 1 N–H and O–H groups in total. The fourth-order valence-corrected chi connectivity index (χ4v) is 4.25. The van der Waals surface area contributed by atoms with Crippen LogP contribution in [0.2, 0.25) is 0 Å². The van der Waals surface area contributed by atoms with Gasteiger partial charge in [0.25, 0.3) is 15.7 Å². The summed E-state index contributed by atoms with van der Waals surface area (Å²) in [5.41, 5.74) is 0.680. The molecule has 2 rings (SSSR count). The van der Waals surface area contributed by atoms with Crippen molar-refractivity contribution in [2.24, 2.45) is 0 Å². The normalized spacial score (nSPS) is 11.1. The Balaban J connectivity index is 2.75. The Labute approximate surface area is 144 Å². The van der Waals surface area contributed by atoms with Gasteiger partial charge in [0.2, 0.25) is 0 Å². The van der Waals surface area contributed by atoms with Crippen molar-refractivity contribution in [3.8, 4) is 0 Å². The quantitative estimate of drug-likeness (QED) is 0.621. The molecular weight excluding hydrogens is 348 g/mol. The van der Waals surface area contributed by atoms with Crippen LogP contribution in [0.5, 0.6) is 0 Å². The van der Waals surface area contributed by atoms with Gasteiger partial charge >= 0.3 is 5.97 Å². The number of nitro groups is 1. The van der Waals surface area contributed by atoms with Crippen molar-refractivity contribution in [3.05, 3.63) is 63.7 Å². The SMILES string of the molecule is Cc1cccc(C)c1N(CC(=O)O)S(=O)(=O)c1ccccc1[N+](=O)[O-]. The predicted octanol–water partition coefficient (Wildman–Crippen LogP) is 2.49. The molecule has 0 amide bonds. The van der Waals surface area contributed by atoms with Gasteiger partial charge in [-0.1, -0.05) is 30.3 Å². The Hall–Kier alpha value is -2.94. The maximum absolute atomic E-state index is 13.1. The highest BCUT2D eigenvalue weighted by Crippen LogP contribution is 2.33. The fraction of sp³-hybridized carbons (Fsp3) is 0.188. The second kappa shape index (κ2) is 6.89. The molecule has 2 aromatic rings. The predicted molar refractivity (Wildman–Crippen MR) is 91.2 cm³/mol. The first-order valence-electron chi connectivity index (χ1n) is 7.20. The van der Waals surface area contributed by atoms with Crippen molar-refractivity contribution < 1.29 is 23.2 Å². The third-order valence-electron chi connectivity index (χ3n) is 3.60. The number of nitro benzene ring substituents is 1. The van der Waals surface area contributed by atoms with Crippen LogP contribution < -0.4 is 4.31 Å². The highest BCUT2D eigenvalue weighted by atomic mass is 32.2. The van der Waals surface area contributed by atoms with Crippen molar-refractivity contribution in [2.45, 2.75) is 18.7 Å². The van der Waals surface area contributed by atoms with Crippen molar-refractivity contribution in [1.29, 1.82) is 0 Å². The topological polar surface area (TPSA) is 118 Å². The van der Waals surface area contributed by atoms with Gasteiger partial charge in [0.05, 0.1) is 10.6 Å². The summed E-state index contributed by atoms with van der Waals surface area (Å²) < 4.78 is 26.8. The Kier molecular flexibility index (Phi) is 5.07. The minimum Gasteiger partial charge on any atom is -0.480 e. The molecule has 9 heteroatoms. The zero-order valence-electron chi connectivity index (χ0n) is 13.5. The molecule has 0 saturated heterocycles. The lowest BCUT2D eigenvalue weighted by Gasteiger charge is -2.25. The molecule has 0 aliphatic rings. The van der Waals surface area contributed by atoms with E-state index < -0.39 is 38.0 Å². The lowest BCUT2D eigenvalue weighted by atomic mass is 10.1. The van der Waals surface area contributed by atoms with Crippen LogP contribution in [0.15, 0.2) is 47.4 Å². The maximum Gasteiger partial charge on any atom is 0.324 e. The second-order valence-corrected chi connectivity index (χ2v) is 7.20. The monoisotopic (exact) mass is 364 g/mol. The smallest absolute Gasteiger partial charge is 0.324 e. The van der Waals surface area contributed by atoms with Crippen LogP contribution in [-0.2, 0) is 14.8 Å². The number of aliphatic carboxylic acids is 1. The lowest BCUT2D eigenvalue weighted by molar-refractivity contribution is -0.387. The zero-order chi connectivity index (χ0) is 18.8. The molecule has 0 heterocycles. The molecule has 0 unspecified atom stereocenters. The summed E-state index contributed by atoms with van der Waals surface area (Å²) in [7, 11) is -4.46. The standard InChI is InChI=1S/C16H16N2O6S/c1-11-6-5-7-12(2)16(11)17(10-15(19)20)25(23,24)14-9-4-3-8-13(14)18(21)22/h3-9H,10H2,1-2H3,(H,19,20). The van der Waals surface area contributed by atoms with E-state index in [-0.39, 0.29) is 5.69 Å². The Morgan fingerprint density at radius 2 is 1.68 bits per heavy atom. The van der Waals surface area contributed by atoms with Crippen molar-refractivity contribution in [3.63, 3.8) is 0 Å². The van der Waals surface area contributed by atoms with Gasteiger partial charge < -0.3 is 5.11 Å². The zero-order valence-corrected chi connectivity index (χ0v) is 14.4. The molecule has 0 fully saturated rings. The van der Waals surface area contributed by atoms with E-state index in [0.29, 0.717) is 15.4 Å². The number of carboxylic acids is 1. The molecular formula is C16H16N2O6S. The summed E-state index contributed by atoms with van der Waals surface area (Å²) in [4.78, 5) is 21.1. The van der Waals surface area contributed by atoms with Crippen molar-refractivity contribution >= 4 is 27.4 Å². The minimum atomic E-state index is -4.46. The summed E-state index contributed by atoms with van der Waals surface area (Å²) in [6.07, 6.45) is 0. The van der Waals surface area contributed by atoms with Gasteiger partial charge in [-0.25, -0.2) is 8.42 Å². The van der Waals surface area contributed by atoms with E-state index in [1.54, 1.807) is 32.0 Å². The third kappa shape index (κ3) is 3.61. The van der Waals surface area contributed by atoms with E-state index in [1.807, 2.05) is 0 Å². The number of rotatable bonds is 6. The first-order valence-corrected chi connectivity index (χ1v) is 8.64. The summed E-state index contributed by atoms with van der Waals surface area (Å²) >= 11 is 0. The molecule has 0 aliphatic carbocycles.